The molecule has 0 bridgehead atoms. The van der Waals surface area contributed by atoms with Crippen molar-refractivity contribution in [2.24, 2.45) is 5.73 Å². The fourth-order valence-electron chi connectivity index (χ4n) is 1.14. The minimum atomic E-state index is -5.06. The second-order valence-corrected chi connectivity index (χ2v) is 3.26. The number of hydrogen-bond donors (Lipinski definition) is 1. The summed E-state index contributed by atoms with van der Waals surface area (Å²) < 4.78 is 86.0. The highest BCUT2D eigenvalue weighted by Gasteiger charge is 2.40. The van der Waals surface area contributed by atoms with E-state index in [0.717, 1.165) is 0 Å². The zero-order valence-corrected chi connectivity index (χ0v) is 8.03. The molecule has 0 aliphatic carbocycles. The fraction of sp³-hybridized carbons (Fsp3) is 0.333. The van der Waals surface area contributed by atoms with E-state index in [4.69, 9.17) is 5.73 Å². The predicted octanol–water partition coefficient (Wildman–Crippen LogP) is 3.41. The van der Waals surface area contributed by atoms with Gasteiger partial charge in [-0.3, -0.25) is 0 Å². The second-order valence-electron chi connectivity index (χ2n) is 3.26. The summed E-state index contributed by atoms with van der Waals surface area (Å²) in [4.78, 5) is 0. The van der Waals surface area contributed by atoms with Crippen LogP contribution < -0.4 is 5.73 Å². The third-order valence-corrected chi connectivity index (χ3v) is 2.01. The van der Waals surface area contributed by atoms with Crippen LogP contribution >= 0.6 is 0 Å². The van der Waals surface area contributed by atoms with E-state index in [1.807, 2.05) is 0 Å². The van der Waals surface area contributed by atoms with Crippen molar-refractivity contribution in [1.82, 2.24) is 0 Å². The summed E-state index contributed by atoms with van der Waals surface area (Å²) in [5.74, 6) is -1.64. The lowest BCUT2D eigenvalue weighted by atomic mass is 10.0. The predicted molar refractivity (Wildman–Crippen MR) is 44.4 cm³/mol. The molecule has 96 valence electrons. The van der Waals surface area contributed by atoms with Gasteiger partial charge in [-0.25, -0.2) is 4.39 Å². The number of benzene rings is 1. The van der Waals surface area contributed by atoms with Crippen LogP contribution in [0.5, 0.6) is 0 Å². The first-order chi connectivity index (χ1) is 7.53. The van der Waals surface area contributed by atoms with Gasteiger partial charge >= 0.3 is 12.4 Å². The first-order valence-electron chi connectivity index (χ1n) is 4.22. The average Bonchev–Trinajstić information content (AvgIpc) is 2.14. The van der Waals surface area contributed by atoms with Crippen LogP contribution in [0.25, 0.3) is 0 Å². The number of alkyl halides is 6. The lowest BCUT2D eigenvalue weighted by Gasteiger charge is -2.17. The lowest BCUT2D eigenvalue weighted by Crippen LogP contribution is -2.28. The number of nitrogens with two attached hydrogens (primary N) is 1. The Bertz CT molecular complexity index is 407. The summed E-state index contributed by atoms with van der Waals surface area (Å²) in [5.41, 5.74) is 2.11. The van der Waals surface area contributed by atoms with E-state index in [0.29, 0.717) is 12.1 Å². The smallest absolute Gasteiger partial charge is 0.316 e. The van der Waals surface area contributed by atoms with Gasteiger partial charge in [-0.05, 0) is 17.7 Å². The molecule has 0 saturated carbocycles. The summed E-state index contributed by atoms with van der Waals surface area (Å²) in [6.07, 6.45) is -9.95. The molecule has 1 rings (SSSR count). The zero-order chi connectivity index (χ0) is 13.4. The Morgan fingerprint density at radius 3 is 1.94 bits per heavy atom. The van der Waals surface area contributed by atoms with Crippen LogP contribution in [0, 0.1) is 5.82 Å². The van der Waals surface area contributed by atoms with E-state index in [-0.39, 0.29) is 6.07 Å². The molecule has 0 unspecified atom stereocenters. The Kier molecular flexibility index (Phi) is 3.37. The third-order valence-electron chi connectivity index (χ3n) is 2.01. The van der Waals surface area contributed by atoms with Gasteiger partial charge in [0.15, 0.2) is 0 Å². The monoisotopic (exact) mass is 261 g/mol. The molecule has 0 aliphatic heterocycles. The molecule has 1 aromatic carbocycles. The van der Waals surface area contributed by atoms with Crippen LogP contribution in [0.3, 0.4) is 0 Å². The van der Waals surface area contributed by atoms with Crippen LogP contribution in [-0.2, 0) is 6.18 Å². The Labute approximate surface area is 91.0 Å². The van der Waals surface area contributed by atoms with Crippen LogP contribution in [0.4, 0.5) is 30.7 Å². The topological polar surface area (TPSA) is 26.0 Å². The number of rotatable bonds is 1. The summed E-state index contributed by atoms with van der Waals surface area (Å²) in [6.45, 7) is 0. The van der Waals surface area contributed by atoms with Crippen molar-refractivity contribution >= 4 is 0 Å². The van der Waals surface area contributed by atoms with Crippen molar-refractivity contribution in [2.75, 3.05) is 0 Å². The van der Waals surface area contributed by atoms with Crippen molar-refractivity contribution in [3.8, 4) is 0 Å². The molecule has 0 aromatic heterocycles. The normalized spacial score (nSPS) is 14.8. The van der Waals surface area contributed by atoms with Crippen molar-refractivity contribution in [3.63, 3.8) is 0 Å². The van der Waals surface area contributed by atoms with E-state index in [9.17, 15) is 30.7 Å². The Balaban J connectivity index is 3.23. The molecule has 0 heterocycles. The molecule has 0 aliphatic rings. The molecule has 1 atom stereocenters. The maximum absolute atomic E-state index is 12.8. The lowest BCUT2D eigenvalue weighted by molar-refractivity contribution is -0.150. The molecule has 8 heteroatoms. The van der Waals surface area contributed by atoms with Crippen molar-refractivity contribution < 1.29 is 30.7 Å². The Hall–Kier alpha value is -1.31. The van der Waals surface area contributed by atoms with Gasteiger partial charge in [-0.1, -0.05) is 6.07 Å². The van der Waals surface area contributed by atoms with Crippen LogP contribution in [0.1, 0.15) is 17.2 Å². The van der Waals surface area contributed by atoms with Crippen molar-refractivity contribution in [1.29, 1.82) is 0 Å². The molecule has 0 saturated heterocycles. The van der Waals surface area contributed by atoms with Gasteiger partial charge in [0.05, 0.1) is 5.56 Å². The van der Waals surface area contributed by atoms with Crippen molar-refractivity contribution in [3.05, 3.63) is 35.1 Å². The van der Waals surface area contributed by atoms with E-state index in [1.165, 1.54) is 0 Å². The van der Waals surface area contributed by atoms with Crippen LogP contribution in [0.2, 0.25) is 0 Å². The van der Waals surface area contributed by atoms with E-state index < -0.39 is 35.3 Å². The molecule has 0 spiro atoms. The van der Waals surface area contributed by atoms with Gasteiger partial charge in [-0.2, -0.15) is 26.3 Å². The molecule has 17 heavy (non-hydrogen) atoms. The minimum absolute atomic E-state index is 0.0630. The average molecular weight is 261 g/mol. The molecule has 1 aromatic rings. The summed E-state index contributed by atoms with van der Waals surface area (Å²) in [5, 5.41) is 0. The van der Waals surface area contributed by atoms with Crippen LogP contribution in [-0.4, -0.2) is 6.18 Å². The molecular weight excluding hydrogens is 255 g/mol. The summed E-state index contributed by atoms with van der Waals surface area (Å²) in [6, 6.07) is -1.64. The quantitative estimate of drug-likeness (QED) is 0.770. The minimum Gasteiger partial charge on any atom is -0.316 e. The van der Waals surface area contributed by atoms with E-state index in [1.54, 1.807) is 0 Å². The number of halogens is 7. The van der Waals surface area contributed by atoms with Crippen molar-refractivity contribution in [2.45, 2.75) is 18.4 Å². The van der Waals surface area contributed by atoms with Gasteiger partial charge < -0.3 is 5.73 Å². The van der Waals surface area contributed by atoms with Crippen LogP contribution in [0.15, 0.2) is 18.2 Å². The highest BCUT2D eigenvalue weighted by atomic mass is 19.4. The first-order valence-corrected chi connectivity index (χ1v) is 4.22. The van der Waals surface area contributed by atoms with E-state index in [2.05, 4.69) is 0 Å². The highest BCUT2D eigenvalue weighted by Crippen LogP contribution is 2.36. The largest absolute Gasteiger partial charge is 0.419 e. The Morgan fingerprint density at radius 1 is 1.00 bits per heavy atom. The molecular formula is C9H6F7N. The molecule has 0 radical (unpaired) electrons. The van der Waals surface area contributed by atoms with Gasteiger partial charge in [0.2, 0.25) is 0 Å². The Morgan fingerprint density at radius 2 is 1.53 bits per heavy atom. The molecule has 0 amide bonds. The molecule has 0 fully saturated rings. The van der Waals surface area contributed by atoms with E-state index >= 15 is 0 Å². The summed E-state index contributed by atoms with van der Waals surface area (Å²) >= 11 is 0. The standard InChI is InChI=1S/C9H6F7N/c10-6-2-1-4(7(17)9(14,15)16)3-5(6)8(11,12)13/h1-3,7H,17H2/t7-/m0/s1. The van der Waals surface area contributed by atoms with Gasteiger partial charge in [-0.15, -0.1) is 0 Å². The molecule has 1 nitrogen and oxygen atoms in total. The maximum atomic E-state index is 12.8. The maximum Gasteiger partial charge on any atom is 0.419 e. The third kappa shape index (κ3) is 3.09. The van der Waals surface area contributed by atoms with Gasteiger partial charge in [0, 0.05) is 0 Å². The van der Waals surface area contributed by atoms with Gasteiger partial charge in [0.25, 0.3) is 0 Å². The number of hydrogen-bond acceptors (Lipinski definition) is 1. The molecule has 2 N–H and O–H groups in total. The zero-order valence-electron chi connectivity index (χ0n) is 8.03. The SMILES string of the molecule is N[C@@H](c1ccc(F)c(C(F)(F)F)c1)C(F)(F)F. The fourth-order valence-corrected chi connectivity index (χ4v) is 1.14. The highest BCUT2D eigenvalue weighted by molar-refractivity contribution is 5.30. The summed E-state index contributed by atoms with van der Waals surface area (Å²) in [7, 11) is 0. The second kappa shape index (κ2) is 4.17. The first kappa shape index (κ1) is 13.8. The van der Waals surface area contributed by atoms with Gasteiger partial charge in [0.1, 0.15) is 11.9 Å².